The highest BCUT2D eigenvalue weighted by atomic mass is 35.5. The maximum Gasteiger partial charge on any atom is 0.410 e. The first-order chi connectivity index (χ1) is 16.2. The summed E-state index contributed by atoms with van der Waals surface area (Å²) in [6.07, 6.45) is 4.94. The number of carbonyl (C=O) groups excluding carboxylic acids is 1. The molecule has 0 spiro atoms. The van der Waals surface area contributed by atoms with Crippen molar-refractivity contribution in [1.82, 2.24) is 20.7 Å². The molecule has 2 saturated heterocycles. The van der Waals surface area contributed by atoms with E-state index in [1.165, 1.54) is 11.8 Å². The molecule has 1 saturated carbocycles. The quantitative estimate of drug-likeness (QED) is 0.583. The van der Waals surface area contributed by atoms with E-state index in [-0.39, 0.29) is 58.7 Å². The van der Waals surface area contributed by atoms with Crippen molar-refractivity contribution in [3.63, 3.8) is 0 Å². The third-order valence-corrected chi connectivity index (χ3v) is 7.30. The minimum absolute atomic E-state index is 0.0411. The van der Waals surface area contributed by atoms with E-state index in [1.54, 1.807) is 6.26 Å². The van der Waals surface area contributed by atoms with Gasteiger partial charge in [0.25, 0.3) is 5.88 Å². The van der Waals surface area contributed by atoms with Crippen LogP contribution in [-0.2, 0) is 4.74 Å². The van der Waals surface area contributed by atoms with Gasteiger partial charge < -0.3 is 19.6 Å². The molecule has 12 heteroatoms. The number of ether oxygens (including phenoxy) is 2. The lowest BCUT2D eigenvalue weighted by atomic mass is 9.96. The van der Waals surface area contributed by atoms with Gasteiger partial charge >= 0.3 is 6.09 Å². The molecule has 3 fully saturated rings. The molecule has 9 nitrogen and oxygen atoms in total. The molecule has 0 unspecified atom stereocenters. The van der Waals surface area contributed by atoms with Crippen molar-refractivity contribution in [2.75, 3.05) is 12.8 Å². The van der Waals surface area contributed by atoms with Crippen LogP contribution < -0.4 is 20.4 Å². The molecule has 2 bridgehead atoms. The first-order valence-electron chi connectivity index (χ1n) is 11.5. The lowest BCUT2D eigenvalue weighted by Crippen LogP contribution is -2.65. The van der Waals surface area contributed by atoms with E-state index in [0.29, 0.717) is 11.7 Å². The minimum Gasteiger partial charge on any atom is -0.470 e. The van der Waals surface area contributed by atoms with Crippen molar-refractivity contribution in [3.05, 3.63) is 11.0 Å². The number of nitrogens with one attached hydrogen (secondary N) is 2. The highest BCUT2D eigenvalue weighted by molar-refractivity contribution is 8.13. The van der Waals surface area contributed by atoms with Gasteiger partial charge in [-0.1, -0.05) is 23.4 Å². The number of carbonyl (C=O) groups is 1. The number of amides is 1. The first kappa shape index (κ1) is 23.7. The molecule has 0 radical (unpaired) electrons. The number of aliphatic imine (C=N–C) groups is 1. The van der Waals surface area contributed by atoms with E-state index < -0.39 is 11.4 Å². The van der Waals surface area contributed by atoms with Gasteiger partial charge in [-0.2, -0.15) is 10.5 Å². The van der Waals surface area contributed by atoms with Gasteiger partial charge in [0.15, 0.2) is 21.8 Å². The lowest BCUT2D eigenvalue weighted by Gasteiger charge is -2.43. The molecule has 186 valence electrons. The van der Waals surface area contributed by atoms with Crippen molar-refractivity contribution < 1.29 is 23.5 Å². The summed E-state index contributed by atoms with van der Waals surface area (Å²) >= 11 is 7.37. The number of aromatic nitrogens is 1. The first-order valence-corrected chi connectivity index (χ1v) is 13.1. The average Bonchev–Trinajstić information content (AvgIpc) is 3.58. The van der Waals surface area contributed by atoms with Gasteiger partial charge in [0.2, 0.25) is 5.75 Å². The molecule has 1 amide bonds. The summed E-state index contributed by atoms with van der Waals surface area (Å²) in [5.74, 6) is -0.335. The Kier molecular flexibility index (Phi) is 6.22. The van der Waals surface area contributed by atoms with Crippen LogP contribution in [0.3, 0.4) is 0 Å². The Bertz CT molecular complexity index is 1020. The molecule has 34 heavy (non-hydrogen) atoms. The Morgan fingerprint density at radius 1 is 1.32 bits per heavy atom. The maximum absolute atomic E-state index is 14.7. The van der Waals surface area contributed by atoms with Crippen molar-refractivity contribution >= 4 is 40.3 Å². The van der Waals surface area contributed by atoms with Gasteiger partial charge in [0.1, 0.15) is 11.7 Å². The van der Waals surface area contributed by atoms with Crippen molar-refractivity contribution in [2.24, 2.45) is 10.9 Å². The number of pyridine rings is 1. The molecule has 3 aliphatic heterocycles. The predicted octanol–water partition coefficient (Wildman–Crippen LogP) is 4.02. The van der Waals surface area contributed by atoms with Crippen molar-refractivity contribution in [3.8, 4) is 11.6 Å². The molecule has 1 aromatic heterocycles. The zero-order valence-corrected chi connectivity index (χ0v) is 21.1. The summed E-state index contributed by atoms with van der Waals surface area (Å²) in [6, 6.07) is -0.123. The van der Waals surface area contributed by atoms with E-state index in [9.17, 15) is 9.18 Å². The van der Waals surface area contributed by atoms with Gasteiger partial charge in [-0.15, -0.1) is 0 Å². The smallest absolute Gasteiger partial charge is 0.410 e. The fourth-order valence-electron chi connectivity index (χ4n) is 4.89. The lowest BCUT2D eigenvalue weighted by molar-refractivity contribution is -0.00964. The molecule has 4 aliphatic rings. The van der Waals surface area contributed by atoms with E-state index >= 15 is 0 Å². The second kappa shape index (κ2) is 8.91. The summed E-state index contributed by atoms with van der Waals surface area (Å²) in [5.41, 5.74) is 2.07. The van der Waals surface area contributed by atoms with E-state index in [1.807, 2.05) is 25.7 Å². The molecule has 5 rings (SSSR count). The number of fused-ring (bicyclic) bond motifs is 3. The number of amidine groups is 1. The van der Waals surface area contributed by atoms with E-state index in [0.717, 1.165) is 25.7 Å². The Balaban J connectivity index is 1.43. The fraction of sp³-hybridized carbons (Fsp3) is 0.682. The highest BCUT2D eigenvalue weighted by Gasteiger charge is 2.52. The summed E-state index contributed by atoms with van der Waals surface area (Å²) in [7, 11) is 0. The largest absolute Gasteiger partial charge is 0.470 e. The fourth-order valence-corrected chi connectivity index (χ4v) is 5.36. The third kappa shape index (κ3) is 4.49. The second-order valence-electron chi connectivity index (χ2n) is 10.1. The maximum atomic E-state index is 14.7. The number of hydrogen-bond donors (Lipinski definition) is 2. The van der Waals surface area contributed by atoms with Crippen molar-refractivity contribution in [2.45, 2.75) is 76.3 Å². The molecule has 1 aliphatic carbocycles. The van der Waals surface area contributed by atoms with Crippen LogP contribution in [0, 0.1) is 11.7 Å². The van der Waals surface area contributed by atoms with Crippen LogP contribution in [0.1, 0.15) is 46.5 Å². The summed E-state index contributed by atoms with van der Waals surface area (Å²) in [6.45, 7) is 6.26. The van der Waals surface area contributed by atoms with Gasteiger partial charge in [-0.05, 0) is 58.6 Å². The Labute approximate surface area is 207 Å². The van der Waals surface area contributed by atoms with Gasteiger partial charge in [0, 0.05) is 12.6 Å². The third-order valence-electron chi connectivity index (χ3n) is 6.49. The van der Waals surface area contributed by atoms with Gasteiger partial charge in [-0.25, -0.2) is 14.2 Å². The number of hydroxylamine groups is 1. The predicted molar refractivity (Wildman–Crippen MR) is 127 cm³/mol. The topological polar surface area (TPSA) is 97.3 Å². The molecule has 0 aromatic carbocycles. The van der Waals surface area contributed by atoms with Crippen molar-refractivity contribution in [1.29, 1.82) is 0 Å². The van der Waals surface area contributed by atoms with Crippen LogP contribution in [0.15, 0.2) is 4.99 Å². The molecule has 2 N–H and O–H groups in total. The summed E-state index contributed by atoms with van der Waals surface area (Å²) in [4.78, 5) is 28.9. The number of thioether (sulfide) groups is 1. The number of piperazine rings is 1. The van der Waals surface area contributed by atoms with E-state index in [2.05, 4.69) is 20.8 Å². The van der Waals surface area contributed by atoms with Gasteiger partial charge in [-0.3, -0.25) is 4.90 Å². The zero-order valence-electron chi connectivity index (χ0n) is 19.6. The van der Waals surface area contributed by atoms with Crippen LogP contribution in [0.5, 0.6) is 11.6 Å². The molecule has 4 heterocycles. The molecular formula is C22H29ClFN5O4S. The summed E-state index contributed by atoms with van der Waals surface area (Å²) < 4.78 is 26.8. The Morgan fingerprint density at radius 2 is 2.09 bits per heavy atom. The van der Waals surface area contributed by atoms with Gasteiger partial charge in [0.05, 0.1) is 12.1 Å². The molecule has 1 aromatic rings. The number of rotatable bonds is 4. The van der Waals surface area contributed by atoms with Crippen LogP contribution in [0.4, 0.5) is 14.9 Å². The monoisotopic (exact) mass is 513 g/mol. The Morgan fingerprint density at radius 3 is 2.76 bits per heavy atom. The number of hydrogen-bond acceptors (Lipinski definition) is 9. The SMILES string of the molecule is CSC1=Nc2c(F)c(Cl)nc(O[C@@H](C3CC3)[C@H]3NC[C@H]4CC[C@@H]3N4C(=O)OC(C)(C)C)c2ON1. The molecule has 4 atom stereocenters. The highest BCUT2D eigenvalue weighted by Crippen LogP contribution is 2.46. The Hall–Kier alpha value is -1.98. The van der Waals surface area contributed by atoms with Crippen LogP contribution in [-0.4, -0.2) is 63.8 Å². The number of halogens is 2. The normalized spacial score (nSPS) is 26.7. The minimum atomic E-state index is -0.759. The van der Waals surface area contributed by atoms with Crippen LogP contribution >= 0.6 is 23.4 Å². The molecular weight excluding hydrogens is 485 g/mol. The standard InChI is InChI=1S/C22H29ClFN5O4S/c1-22(2,3)32-21(30)29-11-7-8-12(29)14(25-9-11)16(10-5-6-10)31-19-17-15(13(24)18(23)27-19)26-20(34-4)28-33-17/h10-12,14,16,25H,5-9H2,1-4H3,(H,26,28)/t11-,12+,14+,16+/m1/s1. The van der Waals surface area contributed by atoms with E-state index in [4.69, 9.17) is 25.9 Å². The van der Waals surface area contributed by atoms with Crippen LogP contribution in [0.25, 0.3) is 0 Å². The zero-order chi connectivity index (χ0) is 24.2. The number of nitrogens with zero attached hydrogens (tertiary/aromatic N) is 3. The average molecular weight is 514 g/mol. The second-order valence-corrected chi connectivity index (χ2v) is 11.2. The van der Waals surface area contributed by atoms with Crippen LogP contribution in [0.2, 0.25) is 5.15 Å². The summed E-state index contributed by atoms with van der Waals surface area (Å²) in [5, 5.41) is 3.67.